The van der Waals surface area contributed by atoms with Gasteiger partial charge in [0, 0.05) is 28.7 Å². The summed E-state index contributed by atoms with van der Waals surface area (Å²) < 4.78 is 0. The molecule has 0 aliphatic carbocycles. The van der Waals surface area contributed by atoms with Crippen molar-refractivity contribution in [2.75, 3.05) is 26.7 Å². The van der Waals surface area contributed by atoms with E-state index in [0.717, 1.165) is 19.4 Å². The van der Waals surface area contributed by atoms with Crippen LogP contribution in [0.1, 0.15) is 29.6 Å². The normalized spacial score (nSPS) is 17.3. The Balaban J connectivity index is 2.02. The predicted molar refractivity (Wildman–Crippen MR) is 92.1 cm³/mol. The van der Waals surface area contributed by atoms with Crippen LogP contribution >= 0.6 is 23.2 Å². The van der Waals surface area contributed by atoms with E-state index >= 15 is 0 Å². The molecule has 0 saturated carbocycles. The molecule has 23 heavy (non-hydrogen) atoms. The maximum Gasteiger partial charge on any atom is 0.254 e. The fraction of sp³-hybridized carbons (Fsp3) is 0.500. The molecule has 2 N–H and O–H groups in total. The zero-order valence-electron chi connectivity index (χ0n) is 13.1. The smallest absolute Gasteiger partial charge is 0.254 e. The molecule has 1 aromatic carbocycles. The van der Waals surface area contributed by atoms with Gasteiger partial charge in [-0.2, -0.15) is 0 Å². The molecule has 2 amide bonds. The van der Waals surface area contributed by atoms with E-state index in [1.54, 1.807) is 23.1 Å². The number of halogens is 2. The molecular formula is C16H21Cl2N3O2. The molecule has 0 bridgehead atoms. The largest absolute Gasteiger partial charge is 0.354 e. The lowest BCUT2D eigenvalue weighted by atomic mass is 10.1. The Morgan fingerprint density at radius 3 is 2.57 bits per heavy atom. The summed E-state index contributed by atoms with van der Waals surface area (Å²) >= 11 is 11.9. The summed E-state index contributed by atoms with van der Waals surface area (Å²) in [7, 11) is 1.87. The predicted octanol–water partition coefficient (Wildman–Crippen LogP) is 2.32. The molecule has 5 nitrogen and oxygen atoms in total. The van der Waals surface area contributed by atoms with E-state index in [1.165, 1.54) is 0 Å². The van der Waals surface area contributed by atoms with Crippen LogP contribution in [0.4, 0.5) is 0 Å². The molecule has 0 aromatic heterocycles. The number of benzene rings is 1. The number of carbonyl (C=O) groups is 2. The second-order valence-corrected chi connectivity index (χ2v) is 6.44. The van der Waals surface area contributed by atoms with Gasteiger partial charge in [-0.3, -0.25) is 9.59 Å². The van der Waals surface area contributed by atoms with Crippen molar-refractivity contribution >= 4 is 35.0 Å². The van der Waals surface area contributed by atoms with Crippen LogP contribution in [0.2, 0.25) is 10.0 Å². The van der Waals surface area contributed by atoms with Gasteiger partial charge >= 0.3 is 0 Å². The second kappa shape index (κ2) is 8.52. The molecule has 1 fully saturated rings. The Kier molecular flexibility index (Phi) is 6.69. The van der Waals surface area contributed by atoms with Gasteiger partial charge in [-0.1, -0.05) is 23.2 Å². The summed E-state index contributed by atoms with van der Waals surface area (Å²) in [5.74, 6) is -0.303. The summed E-state index contributed by atoms with van der Waals surface area (Å²) in [6.45, 7) is 2.01. The fourth-order valence-electron chi connectivity index (χ4n) is 2.72. The number of hydrogen-bond donors (Lipinski definition) is 2. The number of nitrogens with one attached hydrogen (secondary N) is 2. The van der Waals surface area contributed by atoms with E-state index in [-0.39, 0.29) is 11.8 Å². The van der Waals surface area contributed by atoms with Crippen LogP contribution < -0.4 is 10.6 Å². The Labute approximate surface area is 146 Å². The molecule has 0 spiro atoms. The van der Waals surface area contributed by atoms with Crippen molar-refractivity contribution in [3.8, 4) is 0 Å². The summed E-state index contributed by atoms with van der Waals surface area (Å²) in [6.07, 6.45) is 2.35. The van der Waals surface area contributed by atoms with Gasteiger partial charge < -0.3 is 15.5 Å². The van der Waals surface area contributed by atoms with Crippen LogP contribution in [-0.2, 0) is 4.79 Å². The van der Waals surface area contributed by atoms with Crippen LogP contribution in [0, 0.1) is 0 Å². The van der Waals surface area contributed by atoms with Crippen LogP contribution in [0.3, 0.4) is 0 Å². The SMILES string of the molecule is CNCCCNC(=O)C1CCCN1C(=O)c1cc(Cl)cc(Cl)c1. The molecule has 2 rings (SSSR count). The first-order valence-electron chi connectivity index (χ1n) is 7.72. The first-order chi connectivity index (χ1) is 11.0. The van der Waals surface area contributed by atoms with Gasteiger partial charge in [0.2, 0.25) is 5.91 Å². The van der Waals surface area contributed by atoms with Gasteiger partial charge in [0.1, 0.15) is 6.04 Å². The Hall–Kier alpha value is -1.30. The summed E-state index contributed by atoms with van der Waals surface area (Å²) in [4.78, 5) is 26.6. The van der Waals surface area contributed by atoms with E-state index in [1.807, 2.05) is 7.05 Å². The van der Waals surface area contributed by atoms with Gasteiger partial charge in [0.05, 0.1) is 0 Å². The van der Waals surface area contributed by atoms with Gasteiger partial charge in [0.15, 0.2) is 0 Å². The lowest BCUT2D eigenvalue weighted by Crippen LogP contribution is -2.46. The molecule has 1 saturated heterocycles. The lowest BCUT2D eigenvalue weighted by Gasteiger charge is -2.24. The molecule has 1 atom stereocenters. The van der Waals surface area contributed by atoms with Gasteiger partial charge in [0.25, 0.3) is 5.91 Å². The van der Waals surface area contributed by atoms with E-state index < -0.39 is 6.04 Å². The Morgan fingerprint density at radius 2 is 1.91 bits per heavy atom. The van der Waals surface area contributed by atoms with Crippen LogP contribution in [0.15, 0.2) is 18.2 Å². The Morgan fingerprint density at radius 1 is 1.22 bits per heavy atom. The van der Waals surface area contributed by atoms with Gasteiger partial charge in [-0.15, -0.1) is 0 Å². The highest BCUT2D eigenvalue weighted by atomic mass is 35.5. The van der Waals surface area contributed by atoms with Crippen molar-refractivity contribution < 1.29 is 9.59 Å². The number of amides is 2. The maximum absolute atomic E-state index is 12.7. The summed E-state index contributed by atoms with van der Waals surface area (Å²) in [5.41, 5.74) is 0.414. The molecule has 1 aromatic rings. The quantitative estimate of drug-likeness (QED) is 0.768. The molecule has 1 aliphatic heterocycles. The average molecular weight is 358 g/mol. The molecule has 1 unspecified atom stereocenters. The van der Waals surface area contributed by atoms with E-state index in [9.17, 15) is 9.59 Å². The monoisotopic (exact) mass is 357 g/mol. The van der Waals surface area contributed by atoms with Crippen molar-refractivity contribution in [1.82, 2.24) is 15.5 Å². The summed E-state index contributed by atoms with van der Waals surface area (Å²) in [6, 6.07) is 4.32. The molecule has 126 valence electrons. The minimum atomic E-state index is -0.421. The van der Waals surface area contributed by atoms with E-state index in [2.05, 4.69) is 10.6 Å². The third-order valence-electron chi connectivity index (χ3n) is 3.83. The third kappa shape index (κ3) is 4.83. The third-order valence-corrected chi connectivity index (χ3v) is 4.27. The topological polar surface area (TPSA) is 61.4 Å². The molecular weight excluding hydrogens is 337 g/mol. The van der Waals surface area contributed by atoms with Crippen molar-refractivity contribution in [1.29, 1.82) is 0 Å². The molecule has 1 heterocycles. The van der Waals surface area contributed by atoms with Gasteiger partial charge in [-0.25, -0.2) is 0 Å². The van der Waals surface area contributed by atoms with Crippen LogP contribution in [0.5, 0.6) is 0 Å². The highest BCUT2D eigenvalue weighted by molar-refractivity contribution is 6.35. The molecule has 7 heteroatoms. The van der Waals surface area contributed by atoms with Crippen molar-refractivity contribution in [3.05, 3.63) is 33.8 Å². The minimum Gasteiger partial charge on any atom is -0.354 e. The zero-order chi connectivity index (χ0) is 16.8. The number of carbonyl (C=O) groups excluding carboxylic acids is 2. The molecule has 0 radical (unpaired) electrons. The van der Waals surface area contributed by atoms with Gasteiger partial charge in [-0.05, 0) is 51.1 Å². The number of likely N-dealkylation sites (tertiary alicyclic amines) is 1. The lowest BCUT2D eigenvalue weighted by molar-refractivity contribution is -0.124. The first kappa shape index (κ1) is 18.0. The highest BCUT2D eigenvalue weighted by Crippen LogP contribution is 2.24. The second-order valence-electron chi connectivity index (χ2n) is 5.56. The fourth-order valence-corrected chi connectivity index (χ4v) is 3.25. The van der Waals surface area contributed by atoms with E-state index in [0.29, 0.717) is 35.1 Å². The summed E-state index contributed by atoms with van der Waals surface area (Å²) in [5, 5.41) is 6.74. The number of rotatable bonds is 6. The highest BCUT2D eigenvalue weighted by Gasteiger charge is 2.34. The van der Waals surface area contributed by atoms with Crippen LogP contribution in [-0.4, -0.2) is 49.4 Å². The first-order valence-corrected chi connectivity index (χ1v) is 8.48. The minimum absolute atomic E-state index is 0.0971. The van der Waals surface area contributed by atoms with E-state index in [4.69, 9.17) is 23.2 Å². The zero-order valence-corrected chi connectivity index (χ0v) is 14.6. The standard InChI is InChI=1S/C16H21Cl2N3O2/c1-19-5-3-6-20-15(22)14-4-2-7-21(14)16(23)11-8-12(17)10-13(18)9-11/h8-10,14,19H,2-7H2,1H3,(H,20,22). The van der Waals surface area contributed by atoms with Crippen molar-refractivity contribution in [2.45, 2.75) is 25.3 Å². The van der Waals surface area contributed by atoms with Crippen molar-refractivity contribution in [2.24, 2.45) is 0 Å². The van der Waals surface area contributed by atoms with Crippen molar-refractivity contribution in [3.63, 3.8) is 0 Å². The maximum atomic E-state index is 12.7. The number of nitrogens with zero attached hydrogens (tertiary/aromatic N) is 1. The average Bonchev–Trinajstić information content (AvgIpc) is 2.99. The number of hydrogen-bond acceptors (Lipinski definition) is 3. The van der Waals surface area contributed by atoms with Crippen LogP contribution in [0.25, 0.3) is 0 Å². The Bertz CT molecular complexity index is 560. The molecule has 1 aliphatic rings.